The van der Waals surface area contributed by atoms with E-state index in [0.29, 0.717) is 0 Å². The number of carbonyl (C=O) groups excluding carboxylic acids is 1. The van der Waals surface area contributed by atoms with E-state index in [1.54, 1.807) is 14.2 Å². The Morgan fingerprint density at radius 1 is 0.846 bits per heavy atom. The van der Waals surface area contributed by atoms with Crippen LogP contribution < -0.4 is 0 Å². The van der Waals surface area contributed by atoms with Crippen molar-refractivity contribution in [3.8, 4) is 0 Å². The van der Waals surface area contributed by atoms with Gasteiger partial charge < -0.3 is 9.47 Å². The first kappa shape index (κ1) is 55.1. The van der Waals surface area contributed by atoms with Crippen LogP contribution >= 0.6 is 0 Å². The number of hydrogen-bond donors (Lipinski definition) is 0. The minimum atomic E-state index is -0.245. The Balaban J connectivity index is -0.00000000840. The van der Waals surface area contributed by atoms with Crippen LogP contribution in [0.3, 0.4) is 0 Å². The SMILES string of the molecule is C.C.C.C.C.COC.COC(C)=O. The summed E-state index contributed by atoms with van der Waals surface area (Å²) in [7, 11) is 4.60. The number of methoxy groups -OCH3 is 2. The molecule has 0 radical (unpaired) electrons. The van der Waals surface area contributed by atoms with E-state index < -0.39 is 0 Å². The zero-order valence-electron chi connectivity index (χ0n) is 5.72. The standard InChI is InChI=1S/C3H6O2.C2H6O.5CH4/c1-3(4)5-2;1-3-2;;;;;/h1-2H3;1-2H3;5*1H4. The highest BCUT2D eigenvalue weighted by Gasteiger charge is 1.75. The lowest BCUT2D eigenvalue weighted by Crippen LogP contribution is -1.88. The van der Waals surface area contributed by atoms with Crippen LogP contribution in [0.5, 0.6) is 0 Å². The number of hydrogen-bond acceptors (Lipinski definition) is 3. The maximum absolute atomic E-state index is 9.59. The minimum Gasteiger partial charge on any atom is -0.469 e. The van der Waals surface area contributed by atoms with Gasteiger partial charge in [-0.25, -0.2) is 0 Å². The van der Waals surface area contributed by atoms with Crippen molar-refractivity contribution in [3.05, 3.63) is 0 Å². The van der Waals surface area contributed by atoms with Gasteiger partial charge in [0.05, 0.1) is 7.11 Å². The monoisotopic (exact) mass is 200 g/mol. The maximum Gasteiger partial charge on any atom is 0.302 e. The first-order valence-corrected chi connectivity index (χ1v) is 2.13. The van der Waals surface area contributed by atoms with Crippen molar-refractivity contribution in [1.82, 2.24) is 0 Å². The summed E-state index contributed by atoms with van der Waals surface area (Å²) in [6, 6.07) is 0. The van der Waals surface area contributed by atoms with Crippen molar-refractivity contribution in [2.45, 2.75) is 44.1 Å². The molecule has 0 bridgehead atoms. The van der Waals surface area contributed by atoms with E-state index in [9.17, 15) is 4.79 Å². The fourth-order valence-corrected chi connectivity index (χ4v) is 0. The van der Waals surface area contributed by atoms with E-state index >= 15 is 0 Å². The fraction of sp³-hybridized carbons (Fsp3) is 0.900. The Morgan fingerprint density at radius 3 is 0.923 bits per heavy atom. The number of rotatable bonds is 0. The summed E-state index contributed by atoms with van der Waals surface area (Å²) < 4.78 is 8.36. The highest BCUT2D eigenvalue weighted by Crippen LogP contribution is 1.60. The van der Waals surface area contributed by atoms with Crippen molar-refractivity contribution in [2.75, 3.05) is 21.3 Å². The molecular formula is C10H32O3. The lowest BCUT2D eigenvalue weighted by molar-refractivity contribution is -0.137. The molecule has 0 rings (SSSR count). The Kier molecular flexibility index (Phi) is 268. The van der Waals surface area contributed by atoms with Gasteiger partial charge in [-0.15, -0.1) is 0 Å². The van der Waals surface area contributed by atoms with Gasteiger partial charge in [0.1, 0.15) is 0 Å². The molecule has 3 nitrogen and oxygen atoms in total. The largest absolute Gasteiger partial charge is 0.469 e. The Morgan fingerprint density at radius 2 is 0.923 bits per heavy atom. The first-order chi connectivity index (χ1) is 3.68. The molecule has 0 aromatic rings. The van der Waals surface area contributed by atoms with Gasteiger partial charge in [-0.3, -0.25) is 4.79 Å². The molecule has 0 amide bonds. The van der Waals surface area contributed by atoms with Crippen molar-refractivity contribution in [3.63, 3.8) is 0 Å². The molecule has 0 unspecified atom stereocenters. The van der Waals surface area contributed by atoms with Gasteiger partial charge in [0.25, 0.3) is 0 Å². The highest BCUT2D eigenvalue weighted by molar-refractivity contribution is 5.65. The highest BCUT2D eigenvalue weighted by atomic mass is 16.5. The molecular weight excluding hydrogens is 168 g/mol. The molecule has 0 saturated carbocycles. The summed E-state index contributed by atoms with van der Waals surface area (Å²) in [6.07, 6.45) is 0. The third-order valence-corrected chi connectivity index (χ3v) is 0.287. The number of carbonyl (C=O) groups is 1. The normalized spacial score (nSPS) is 4.00. The van der Waals surface area contributed by atoms with E-state index in [-0.39, 0.29) is 43.1 Å². The minimum absolute atomic E-state index is 0. The molecule has 0 aromatic carbocycles. The second kappa shape index (κ2) is 63.4. The second-order valence-corrected chi connectivity index (χ2v) is 1.10. The Bertz CT molecular complexity index is 54.1. The van der Waals surface area contributed by atoms with Crippen molar-refractivity contribution < 1.29 is 14.3 Å². The molecule has 0 heterocycles. The molecule has 90 valence electrons. The van der Waals surface area contributed by atoms with Crippen LogP contribution in [0.25, 0.3) is 0 Å². The Labute approximate surface area is 86.4 Å². The van der Waals surface area contributed by atoms with Gasteiger partial charge >= 0.3 is 5.97 Å². The average Bonchev–Trinajstić information content (AvgIpc) is 1.69. The quantitative estimate of drug-likeness (QED) is 0.560. The first-order valence-electron chi connectivity index (χ1n) is 2.13. The van der Waals surface area contributed by atoms with Crippen LogP contribution in [0.15, 0.2) is 0 Å². The molecule has 0 saturated heterocycles. The van der Waals surface area contributed by atoms with Crippen LogP contribution in [0.2, 0.25) is 0 Å². The summed E-state index contributed by atoms with van der Waals surface area (Å²) in [5.74, 6) is -0.245. The molecule has 0 N–H and O–H groups in total. The molecule has 0 aliphatic carbocycles. The second-order valence-electron chi connectivity index (χ2n) is 1.10. The van der Waals surface area contributed by atoms with Gasteiger partial charge in [-0.05, 0) is 0 Å². The molecule has 0 aliphatic rings. The average molecular weight is 200 g/mol. The number of ether oxygens (including phenoxy) is 2. The van der Waals surface area contributed by atoms with E-state index in [0.717, 1.165) is 0 Å². The predicted molar refractivity (Wildman–Crippen MR) is 64.3 cm³/mol. The van der Waals surface area contributed by atoms with Crippen molar-refractivity contribution in [1.29, 1.82) is 0 Å². The van der Waals surface area contributed by atoms with E-state index in [1.165, 1.54) is 14.0 Å². The molecule has 0 aromatic heterocycles. The topological polar surface area (TPSA) is 35.5 Å². The lowest BCUT2D eigenvalue weighted by Gasteiger charge is -1.80. The van der Waals surface area contributed by atoms with E-state index in [4.69, 9.17) is 0 Å². The van der Waals surface area contributed by atoms with Crippen LogP contribution in [0, 0.1) is 0 Å². The van der Waals surface area contributed by atoms with Crippen molar-refractivity contribution >= 4 is 5.97 Å². The fourth-order valence-electron chi connectivity index (χ4n) is 0. The van der Waals surface area contributed by atoms with Gasteiger partial charge in [0.15, 0.2) is 0 Å². The van der Waals surface area contributed by atoms with Crippen LogP contribution in [0.4, 0.5) is 0 Å². The third-order valence-electron chi connectivity index (χ3n) is 0.287. The molecule has 3 heteroatoms. The molecule has 0 spiro atoms. The molecule has 0 atom stereocenters. The third kappa shape index (κ3) is 497. The molecule has 13 heavy (non-hydrogen) atoms. The maximum atomic E-state index is 9.59. The van der Waals surface area contributed by atoms with Gasteiger partial charge in [0, 0.05) is 21.1 Å². The predicted octanol–water partition coefficient (Wildman–Crippen LogP) is 3.62. The smallest absolute Gasteiger partial charge is 0.302 e. The summed E-state index contributed by atoms with van der Waals surface area (Å²) in [5.41, 5.74) is 0. The van der Waals surface area contributed by atoms with Gasteiger partial charge in [-0.2, -0.15) is 0 Å². The lowest BCUT2D eigenvalue weighted by atomic mass is 10.8. The summed E-state index contributed by atoms with van der Waals surface area (Å²) in [5, 5.41) is 0. The summed E-state index contributed by atoms with van der Waals surface area (Å²) >= 11 is 0. The molecule has 0 fully saturated rings. The van der Waals surface area contributed by atoms with Crippen LogP contribution in [-0.4, -0.2) is 27.3 Å². The van der Waals surface area contributed by atoms with Gasteiger partial charge in [0.2, 0.25) is 0 Å². The zero-order valence-corrected chi connectivity index (χ0v) is 5.72. The van der Waals surface area contributed by atoms with Crippen LogP contribution in [-0.2, 0) is 14.3 Å². The summed E-state index contributed by atoms with van der Waals surface area (Å²) in [6.45, 7) is 1.36. The molecule has 0 aliphatic heterocycles. The van der Waals surface area contributed by atoms with Crippen LogP contribution in [0.1, 0.15) is 44.1 Å². The Hall–Kier alpha value is -0.570. The van der Waals surface area contributed by atoms with E-state index in [2.05, 4.69) is 9.47 Å². The van der Waals surface area contributed by atoms with Gasteiger partial charge in [-0.1, -0.05) is 37.1 Å². The van der Waals surface area contributed by atoms with E-state index in [1.807, 2.05) is 0 Å². The zero-order chi connectivity index (χ0) is 6.99. The van der Waals surface area contributed by atoms with Crippen molar-refractivity contribution in [2.24, 2.45) is 0 Å². The number of esters is 1. The summed E-state index contributed by atoms with van der Waals surface area (Å²) in [4.78, 5) is 9.59.